The zero-order valence-corrected chi connectivity index (χ0v) is 15.6. The number of amides is 2. The number of aromatic amines is 1. The number of aromatic nitrogens is 2. The zero-order chi connectivity index (χ0) is 19.3. The Morgan fingerprint density at radius 3 is 2.58 bits per heavy atom. The Hall–Kier alpha value is -2.45. The van der Waals surface area contributed by atoms with Crippen molar-refractivity contribution in [3.05, 3.63) is 21.5 Å². The Bertz CT molecular complexity index is 662. The number of aryl methyl sites for hydroxylation is 1. The predicted octanol–water partition coefficient (Wildman–Crippen LogP) is 2.04. The van der Waals surface area contributed by atoms with Crippen LogP contribution in [0, 0.1) is 16.0 Å². The van der Waals surface area contributed by atoms with Gasteiger partial charge in [0.15, 0.2) is 0 Å². The van der Waals surface area contributed by atoms with Gasteiger partial charge >= 0.3 is 5.69 Å². The maximum Gasteiger partial charge on any atom is 0.322 e. The standard InChI is InChI=1S/C17H27N5O4/c1-4-5-13-16(22(25)26)15(20-19-13)17(24)18-12-6-8-21(9-7-12)14(23)10-11(2)3/h11-12H,4-10H2,1-3H3,(H,18,24)(H,19,20). The Morgan fingerprint density at radius 1 is 1.38 bits per heavy atom. The number of carbonyl (C=O) groups is 2. The maximum absolute atomic E-state index is 12.4. The third-order valence-corrected chi connectivity index (χ3v) is 4.48. The number of carbonyl (C=O) groups excluding carboxylic acids is 2. The van der Waals surface area contributed by atoms with E-state index in [1.807, 2.05) is 25.7 Å². The molecule has 2 heterocycles. The fourth-order valence-corrected chi connectivity index (χ4v) is 3.16. The molecule has 1 fully saturated rings. The molecule has 1 saturated heterocycles. The van der Waals surface area contributed by atoms with Gasteiger partial charge in [0.25, 0.3) is 5.91 Å². The number of hydrogen-bond acceptors (Lipinski definition) is 5. The lowest BCUT2D eigenvalue weighted by molar-refractivity contribution is -0.385. The summed E-state index contributed by atoms with van der Waals surface area (Å²) in [5.74, 6) is -0.0864. The van der Waals surface area contributed by atoms with Gasteiger partial charge in [-0.2, -0.15) is 5.10 Å². The summed E-state index contributed by atoms with van der Waals surface area (Å²) in [7, 11) is 0. The fraction of sp³-hybridized carbons (Fsp3) is 0.706. The largest absolute Gasteiger partial charge is 0.348 e. The van der Waals surface area contributed by atoms with Gasteiger partial charge in [0.05, 0.1) is 4.92 Å². The molecule has 2 amide bonds. The van der Waals surface area contributed by atoms with E-state index in [1.165, 1.54) is 0 Å². The van der Waals surface area contributed by atoms with E-state index in [4.69, 9.17) is 0 Å². The second-order valence-electron chi connectivity index (χ2n) is 7.13. The second kappa shape index (κ2) is 8.77. The number of hydrogen-bond donors (Lipinski definition) is 2. The van der Waals surface area contributed by atoms with Crippen molar-refractivity contribution < 1.29 is 14.5 Å². The molecule has 2 rings (SSSR count). The van der Waals surface area contributed by atoms with Gasteiger partial charge in [-0.05, 0) is 25.2 Å². The number of likely N-dealkylation sites (tertiary alicyclic amines) is 1. The molecule has 2 N–H and O–H groups in total. The van der Waals surface area contributed by atoms with E-state index in [1.54, 1.807) is 0 Å². The van der Waals surface area contributed by atoms with E-state index in [9.17, 15) is 19.7 Å². The number of nitro groups is 1. The first-order valence-corrected chi connectivity index (χ1v) is 9.13. The molecule has 0 aliphatic carbocycles. The van der Waals surface area contributed by atoms with Gasteiger partial charge in [0.1, 0.15) is 5.69 Å². The van der Waals surface area contributed by atoms with E-state index < -0.39 is 10.8 Å². The summed E-state index contributed by atoms with van der Waals surface area (Å²) in [4.78, 5) is 37.1. The molecule has 0 spiro atoms. The lowest BCUT2D eigenvalue weighted by atomic mass is 10.0. The molecular weight excluding hydrogens is 338 g/mol. The molecule has 9 heteroatoms. The highest BCUT2D eigenvalue weighted by molar-refractivity contribution is 5.96. The molecule has 1 aromatic heterocycles. The number of nitrogens with one attached hydrogen (secondary N) is 2. The summed E-state index contributed by atoms with van der Waals surface area (Å²) in [5.41, 5.74) is -0.0394. The molecule has 9 nitrogen and oxygen atoms in total. The monoisotopic (exact) mass is 365 g/mol. The van der Waals surface area contributed by atoms with Crippen molar-refractivity contribution in [1.82, 2.24) is 20.4 Å². The van der Waals surface area contributed by atoms with Crippen LogP contribution in [0.4, 0.5) is 5.69 Å². The van der Waals surface area contributed by atoms with Crippen molar-refractivity contribution in [2.45, 2.75) is 58.9 Å². The van der Waals surface area contributed by atoms with E-state index in [0.717, 1.165) is 0 Å². The molecule has 1 aliphatic rings. The van der Waals surface area contributed by atoms with Crippen LogP contribution in [0.25, 0.3) is 0 Å². The van der Waals surface area contributed by atoms with Gasteiger partial charge < -0.3 is 10.2 Å². The summed E-state index contributed by atoms with van der Waals surface area (Å²) in [6, 6.07) is -0.114. The molecule has 0 radical (unpaired) electrons. The molecule has 1 aliphatic heterocycles. The Morgan fingerprint density at radius 2 is 2.04 bits per heavy atom. The average molecular weight is 365 g/mol. The van der Waals surface area contributed by atoms with Gasteiger partial charge in [-0.15, -0.1) is 0 Å². The molecule has 0 aromatic carbocycles. The smallest absolute Gasteiger partial charge is 0.322 e. The van der Waals surface area contributed by atoms with Crippen LogP contribution in [0.1, 0.15) is 62.6 Å². The quantitative estimate of drug-likeness (QED) is 0.566. The predicted molar refractivity (Wildman–Crippen MR) is 95.8 cm³/mol. The summed E-state index contributed by atoms with van der Waals surface area (Å²) in [6.07, 6.45) is 2.97. The normalized spacial score (nSPS) is 15.3. The summed E-state index contributed by atoms with van der Waals surface area (Å²) in [5, 5.41) is 20.6. The molecular formula is C17H27N5O4. The van der Waals surface area contributed by atoms with E-state index in [-0.39, 0.29) is 23.3 Å². The van der Waals surface area contributed by atoms with Gasteiger partial charge in [-0.3, -0.25) is 24.8 Å². The lowest BCUT2D eigenvalue weighted by Crippen LogP contribution is -2.46. The summed E-state index contributed by atoms with van der Waals surface area (Å²) >= 11 is 0. The topological polar surface area (TPSA) is 121 Å². The van der Waals surface area contributed by atoms with Crippen LogP contribution in [0.5, 0.6) is 0 Å². The Labute approximate surface area is 152 Å². The van der Waals surface area contributed by atoms with Crippen LogP contribution in [-0.2, 0) is 11.2 Å². The first-order valence-electron chi connectivity index (χ1n) is 9.13. The van der Waals surface area contributed by atoms with Gasteiger partial charge in [-0.25, -0.2) is 0 Å². The Kier molecular flexibility index (Phi) is 6.70. The van der Waals surface area contributed by atoms with Crippen LogP contribution in [-0.4, -0.2) is 51.0 Å². The van der Waals surface area contributed by atoms with Crippen LogP contribution in [0.3, 0.4) is 0 Å². The van der Waals surface area contributed by atoms with E-state index in [0.29, 0.717) is 56.8 Å². The highest BCUT2D eigenvalue weighted by Crippen LogP contribution is 2.23. The number of rotatable bonds is 7. The van der Waals surface area contributed by atoms with Crippen LogP contribution in [0.15, 0.2) is 0 Å². The molecule has 0 saturated carbocycles. The minimum absolute atomic E-state index is 0.114. The second-order valence-corrected chi connectivity index (χ2v) is 7.13. The van der Waals surface area contributed by atoms with Crippen molar-refractivity contribution in [2.75, 3.05) is 13.1 Å². The van der Waals surface area contributed by atoms with Crippen molar-refractivity contribution in [1.29, 1.82) is 0 Å². The van der Waals surface area contributed by atoms with Crippen LogP contribution < -0.4 is 5.32 Å². The number of nitrogens with zero attached hydrogens (tertiary/aromatic N) is 3. The average Bonchev–Trinajstić information content (AvgIpc) is 2.99. The fourth-order valence-electron chi connectivity index (χ4n) is 3.16. The minimum atomic E-state index is -0.559. The van der Waals surface area contributed by atoms with Crippen molar-refractivity contribution in [3.8, 4) is 0 Å². The molecule has 1 aromatic rings. The van der Waals surface area contributed by atoms with Crippen molar-refractivity contribution in [2.24, 2.45) is 5.92 Å². The van der Waals surface area contributed by atoms with Crippen molar-refractivity contribution >= 4 is 17.5 Å². The third-order valence-electron chi connectivity index (χ3n) is 4.48. The molecule has 0 unspecified atom stereocenters. The zero-order valence-electron chi connectivity index (χ0n) is 15.6. The van der Waals surface area contributed by atoms with Crippen molar-refractivity contribution in [3.63, 3.8) is 0 Å². The van der Waals surface area contributed by atoms with Crippen LogP contribution in [0.2, 0.25) is 0 Å². The van der Waals surface area contributed by atoms with E-state index in [2.05, 4.69) is 15.5 Å². The highest BCUT2D eigenvalue weighted by atomic mass is 16.6. The highest BCUT2D eigenvalue weighted by Gasteiger charge is 2.31. The van der Waals surface area contributed by atoms with E-state index >= 15 is 0 Å². The summed E-state index contributed by atoms with van der Waals surface area (Å²) in [6.45, 7) is 7.09. The lowest BCUT2D eigenvalue weighted by Gasteiger charge is -2.32. The Balaban J connectivity index is 1.95. The minimum Gasteiger partial charge on any atom is -0.348 e. The van der Waals surface area contributed by atoms with Gasteiger partial charge in [-0.1, -0.05) is 27.2 Å². The molecule has 0 bridgehead atoms. The van der Waals surface area contributed by atoms with Gasteiger partial charge in [0.2, 0.25) is 11.6 Å². The first kappa shape index (κ1) is 19.9. The summed E-state index contributed by atoms with van der Waals surface area (Å²) < 4.78 is 0. The molecule has 0 atom stereocenters. The first-order chi connectivity index (χ1) is 12.3. The van der Waals surface area contributed by atoms with Crippen LogP contribution >= 0.6 is 0 Å². The molecule has 144 valence electrons. The number of H-pyrrole nitrogens is 1. The SMILES string of the molecule is CCCc1[nH]nc(C(=O)NC2CCN(C(=O)CC(C)C)CC2)c1[N+](=O)[O-]. The van der Waals surface area contributed by atoms with Gasteiger partial charge in [0, 0.05) is 25.6 Å². The molecule has 26 heavy (non-hydrogen) atoms. The third kappa shape index (κ3) is 4.80. The maximum atomic E-state index is 12.4. The number of piperidine rings is 1.